The van der Waals surface area contributed by atoms with Gasteiger partial charge in [0, 0.05) is 38.3 Å². The van der Waals surface area contributed by atoms with E-state index in [0.29, 0.717) is 19.1 Å². The van der Waals surface area contributed by atoms with Crippen molar-refractivity contribution in [3.63, 3.8) is 0 Å². The summed E-state index contributed by atoms with van der Waals surface area (Å²) in [5.74, 6) is 0.520. The summed E-state index contributed by atoms with van der Waals surface area (Å²) in [4.78, 5) is 19.4. The highest BCUT2D eigenvalue weighted by molar-refractivity contribution is 5.96. The van der Waals surface area contributed by atoms with E-state index in [1.54, 1.807) is 18.2 Å². The number of phenols is 1. The van der Waals surface area contributed by atoms with E-state index < -0.39 is 0 Å². The molecule has 2 aliphatic rings. The molecule has 7 heteroatoms. The van der Waals surface area contributed by atoms with Gasteiger partial charge in [-0.1, -0.05) is 25.0 Å². The van der Waals surface area contributed by atoms with E-state index in [1.807, 2.05) is 0 Å². The number of aliphatic imine (C=N–C) groups is 1. The number of rotatable bonds is 7. The van der Waals surface area contributed by atoms with Crippen LogP contribution in [-0.2, 0) is 0 Å². The van der Waals surface area contributed by atoms with E-state index in [1.165, 1.54) is 44.8 Å². The highest BCUT2D eigenvalue weighted by Crippen LogP contribution is 2.26. The van der Waals surface area contributed by atoms with Gasteiger partial charge in [0.25, 0.3) is 5.91 Å². The Labute approximate surface area is 174 Å². The van der Waals surface area contributed by atoms with Crippen LogP contribution in [0.1, 0.15) is 55.8 Å². The lowest BCUT2D eigenvalue weighted by molar-refractivity contribution is 0.0952. The Kier molecular flexibility index (Phi) is 8.16. The third-order valence-corrected chi connectivity index (χ3v) is 5.87. The normalized spacial score (nSPS) is 19.3. The standard InChI is InChI=1S/C22H35N5O2/c1-2-23-22(25-14-13-24-21(29)19-9-5-6-10-20(19)28)26-17-11-15-27(16-12-17)18-7-3-4-8-18/h5-6,9-10,17-18,28H,2-4,7-8,11-16H2,1H3,(H,24,29)(H2,23,25,26). The van der Waals surface area contributed by atoms with E-state index >= 15 is 0 Å². The van der Waals surface area contributed by atoms with E-state index in [9.17, 15) is 9.90 Å². The molecule has 1 aliphatic carbocycles. The highest BCUT2D eigenvalue weighted by atomic mass is 16.3. The monoisotopic (exact) mass is 401 g/mol. The SMILES string of the molecule is CCNC(=NCCNC(=O)c1ccccc1O)NC1CCN(C2CCCC2)CC1. The summed E-state index contributed by atoms with van der Waals surface area (Å²) in [6.45, 7) is 6.09. The summed E-state index contributed by atoms with van der Waals surface area (Å²) >= 11 is 0. The molecule has 1 heterocycles. The van der Waals surface area contributed by atoms with Crippen molar-refractivity contribution in [2.75, 3.05) is 32.7 Å². The molecule has 1 saturated carbocycles. The van der Waals surface area contributed by atoms with Crippen LogP contribution >= 0.6 is 0 Å². The minimum Gasteiger partial charge on any atom is -0.507 e. The minimum atomic E-state index is -0.282. The Bertz CT molecular complexity index is 680. The zero-order chi connectivity index (χ0) is 20.5. The van der Waals surface area contributed by atoms with Gasteiger partial charge < -0.3 is 26.0 Å². The van der Waals surface area contributed by atoms with Crippen LogP contribution < -0.4 is 16.0 Å². The molecule has 7 nitrogen and oxygen atoms in total. The number of guanidine groups is 1. The Hall–Kier alpha value is -2.28. The number of carbonyl (C=O) groups is 1. The van der Waals surface area contributed by atoms with Gasteiger partial charge in [0.15, 0.2) is 5.96 Å². The molecule has 29 heavy (non-hydrogen) atoms. The number of piperidine rings is 1. The zero-order valence-electron chi connectivity index (χ0n) is 17.5. The number of nitrogens with zero attached hydrogens (tertiary/aromatic N) is 2. The lowest BCUT2D eigenvalue weighted by atomic mass is 10.0. The van der Waals surface area contributed by atoms with Crippen LogP contribution in [0.15, 0.2) is 29.3 Å². The molecule has 1 aliphatic heterocycles. The number of hydrogen-bond acceptors (Lipinski definition) is 4. The van der Waals surface area contributed by atoms with Crippen LogP contribution in [0.5, 0.6) is 5.75 Å². The molecule has 0 unspecified atom stereocenters. The molecular weight excluding hydrogens is 366 g/mol. The first-order chi connectivity index (χ1) is 14.2. The van der Waals surface area contributed by atoms with Gasteiger partial charge in [0.05, 0.1) is 12.1 Å². The quantitative estimate of drug-likeness (QED) is 0.319. The Balaban J connectivity index is 1.41. The maximum absolute atomic E-state index is 12.1. The molecular formula is C22H35N5O2. The van der Waals surface area contributed by atoms with Gasteiger partial charge in [-0.15, -0.1) is 0 Å². The topological polar surface area (TPSA) is 89.0 Å². The van der Waals surface area contributed by atoms with Crippen LogP contribution in [0.3, 0.4) is 0 Å². The number of amides is 1. The second kappa shape index (κ2) is 11.0. The Morgan fingerprint density at radius 1 is 1.14 bits per heavy atom. The fourth-order valence-electron chi connectivity index (χ4n) is 4.29. The van der Waals surface area contributed by atoms with Gasteiger partial charge in [0.1, 0.15) is 5.75 Å². The minimum absolute atomic E-state index is 0.00699. The molecule has 0 aromatic heterocycles. The molecule has 4 N–H and O–H groups in total. The summed E-state index contributed by atoms with van der Waals surface area (Å²) in [7, 11) is 0. The van der Waals surface area contributed by atoms with E-state index in [4.69, 9.17) is 0 Å². The molecule has 0 radical (unpaired) electrons. The van der Waals surface area contributed by atoms with Crippen LogP contribution in [0, 0.1) is 0 Å². The average molecular weight is 402 g/mol. The zero-order valence-corrected chi connectivity index (χ0v) is 17.5. The molecule has 0 spiro atoms. The van der Waals surface area contributed by atoms with Gasteiger partial charge in [-0.2, -0.15) is 0 Å². The molecule has 160 valence electrons. The predicted octanol–water partition coefficient (Wildman–Crippen LogP) is 2.08. The second-order valence-corrected chi connectivity index (χ2v) is 7.93. The van der Waals surface area contributed by atoms with Crippen molar-refractivity contribution >= 4 is 11.9 Å². The summed E-state index contributed by atoms with van der Waals surface area (Å²) in [6.07, 6.45) is 7.81. The van der Waals surface area contributed by atoms with Crippen LogP contribution in [0.25, 0.3) is 0 Å². The molecule has 1 aromatic rings. The maximum atomic E-state index is 12.1. The number of phenolic OH excluding ortho intramolecular Hbond substituents is 1. The third-order valence-electron chi connectivity index (χ3n) is 5.87. The highest BCUT2D eigenvalue weighted by Gasteiger charge is 2.27. The molecule has 3 rings (SSSR count). The van der Waals surface area contributed by atoms with E-state index in [2.05, 4.69) is 32.8 Å². The first kappa shape index (κ1) is 21.4. The number of aromatic hydroxyl groups is 1. The molecule has 0 atom stereocenters. The molecule has 1 aromatic carbocycles. The van der Waals surface area contributed by atoms with Gasteiger partial charge >= 0.3 is 0 Å². The number of hydrogen-bond donors (Lipinski definition) is 4. The van der Waals surface area contributed by atoms with E-state index in [-0.39, 0.29) is 17.2 Å². The first-order valence-electron chi connectivity index (χ1n) is 11.0. The first-order valence-corrected chi connectivity index (χ1v) is 11.0. The molecule has 2 fully saturated rings. The summed E-state index contributed by atoms with van der Waals surface area (Å²) in [5, 5.41) is 19.4. The number of benzene rings is 1. The Morgan fingerprint density at radius 2 is 1.86 bits per heavy atom. The van der Waals surface area contributed by atoms with Crippen LogP contribution in [0.2, 0.25) is 0 Å². The largest absolute Gasteiger partial charge is 0.507 e. The lowest BCUT2D eigenvalue weighted by Gasteiger charge is -2.36. The van der Waals surface area contributed by atoms with Crippen molar-refractivity contribution in [1.29, 1.82) is 0 Å². The lowest BCUT2D eigenvalue weighted by Crippen LogP contribution is -2.50. The van der Waals surface area contributed by atoms with Crippen LogP contribution in [-0.4, -0.2) is 66.7 Å². The summed E-state index contributed by atoms with van der Waals surface area (Å²) in [6, 6.07) is 7.81. The number of likely N-dealkylation sites (tertiary alicyclic amines) is 1. The fraction of sp³-hybridized carbons (Fsp3) is 0.636. The summed E-state index contributed by atoms with van der Waals surface area (Å²) < 4.78 is 0. The number of carbonyl (C=O) groups excluding carboxylic acids is 1. The second-order valence-electron chi connectivity index (χ2n) is 7.93. The number of nitrogens with one attached hydrogen (secondary N) is 3. The van der Waals surface area contributed by atoms with Crippen molar-refractivity contribution in [2.24, 2.45) is 4.99 Å². The predicted molar refractivity (Wildman–Crippen MR) is 116 cm³/mol. The third kappa shape index (κ3) is 6.35. The van der Waals surface area contributed by atoms with Crippen molar-refractivity contribution < 1.29 is 9.90 Å². The Morgan fingerprint density at radius 3 is 2.55 bits per heavy atom. The molecule has 0 bridgehead atoms. The van der Waals surface area contributed by atoms with Crippen molar-refractivity contribution in [3.8, 4) is 5.75 Å². The van der Waals surface area contributed by atoms with Gasteiger partial charge in [-0.25, -0.2) is 0 Å². The van der Waals surface area contributed by atoms with Gasteiger partial charge in [-0.05, 0) is 44.7 Å². The molecule has 1 amide bonds. The van der Waals surface area contributed by atoms with Crippen molar-refractivity contribution in [1.82, 2.24) is 20.9 Å². The average Bonchev–Trinajstić information content (AvgIpc) is 3.27. The number of para-hydroxylation sites is 1. The maximum Gasteiger partial charge on any atom is 0.255 e. The van der Waals surface area contributed by atoms with Crippen LogP contribution in [0.4, 0.5) is 0 Å². The fourth-order valence-corrected chi connectivity index (χ4v) is 4.29. The van der Waals surface area contributed by atoms with E-state index in [0.717, 1.165) is 31.4 Å². The summed E-state index contributed by atoms with van der Waals surface area (Å²) in [5.41, 5.74) is 0.288. The van der Waals surface area contributed by atoms with Gasteiger partial charge in [0.2, 0.25) is 0 Å². The van der Waals surface area contributed by atoms with Crippen molar-refractivity contribution in [3.05, 3.63) is 29.8 Å². The van der Waals surface area contributed by atoms with Gasteiger partial charge in [-0.3, -0.25) is 9.79 Å². The molecule has 1 saturated heterocycles. The smallest absolute Gasteiger partial charge is 0.255 e. The van der Waals surface area contributed by atoms with Crippen molar-refractivity contribution in [2.45, 2.75) is 57.5 Å².